The van der Waals surface area contributed by atoms with E-state index in [0.717, 1.165) is 36.1 Å². The first-order valence-corrected chi connectivity index (χ1v) is 8.04. The van der Waals surface area contributed by atoms with E-state index in [4.69, 9.17) is 5.73 Å². The third kappa shape index (κ3) is 1.70. The molecule has 4 aliphatic rings. The lowest BCUT2D eigenvalue weighted by Gasteiger charge is -2.54. The zero-order chi connectivity index (χ0) is 13.0. The van der Waals surface area contributed by atoms with E-state index in [0.29, 0.717) is 6.54 Å². The van der Waals surface area contributed by atoms with Crippen molar-refractivity contribution in [2.24, 2.45) is 29.4 Å². The molecule has 1 aromatic rings. The van der Waals surface area contributed by atoms with Crippen molar-refractivity contribution in [1.82, 2.24) is 9.78 Å². The van der Waals surface area contributed by atoms with Crippen molar-refractivity contribution < 1.29 is 0 Å². The molecule has 3 nitrogen and oxygen atoms in total. The summed E-state index contributed by atoms with van der Waals surface area (Å²) in [5.41, 5.74) is 8.76. The second kappa shape index (κ2) is 4.34. The fraction of sp³-hybridized carbons (Fsp3) is 0.812. The van der Waals surface area contributed by atoms with Crippen molar-refractivity contribution in [2.45, 2.75) is 58.0 Å². The maximum atomic E-state index is 5.96. The highest BCUT2D eigenvalue weighted by Gasteiger charge is 2.49. The molecule has 4 fully saturated rings. The van der Waals surface area contributed by atoms with Crippen molar-refractivity contribution in [3.8, 4) is 0 Å². The first-order chi connectivity index (χ1) is 9.30. The molecule has 2 N–H and O–H groups in total. The van der Waals surface area contributed by atoms with E-state index in [2.05, 4.69) is 16.7 Å². The Morgan fingerprint density at radius 3 is 2.32 bits per heavy atom. The zero-order valence-electron chi connectivity index (χ0n) is 11.9. The van der Waals surface area contributed by atoms with Gasteiger partial charge < -0.3 is 5.73 Å². The van der Waals surface area contributed by atoms with E-state index < -0.39 is 0 Å². The molecule has 0 atom stereocenters. The minimum atomic E-state index is 0.651. The molecular formula is C16H25N3. The van der Waals surface area contributed by atoms with Crippen molar-refractivity contribution >= 4 is 0 Å². The summed E-state index contributed by atoms with van der Waals surface area (Å²) in [5.74, 6) is 4.68. The molecule has 0 aromatic carbocycles. The lowest BCUT2D eigenvalue weighted by atomic mass is 9.51. The Bertz CT molecular complexity index is 427. The standard InChI is InChI=1S/C16H25N3/c1-2-19-16(14(8-17)9-18-19)15-12-4-10-3-11(6-12)7-13(15)5-10/h9-13,15H,2-8,17H2,1H3. The minimum Gasteiger partial charge on any atom is -0.326 e. The van der Waals surface area contributed by atoms with Crippen LogP contribution in [-0.4, -0.2) is 9.78 Å². The van der Waals surface area contributed by atoms with Crippen molar-refractivity contribution in [3.63, 3.8) is 0 Å². The van der Waals surface area contributed by atoms with Crippen LogP contribution in [0.2, 0.25) is 0 Å². The number of rotatable bonds is 3. The molecule has 0 spiro atoms. The van der Waals surface area contributed by atoms with Crippen LogP contribution in [0.3, 0.4) is 0 Å². The number of hydrogen-bond donors (Lipinski definition) is 1. The fourth-order valence-electron chi connectivity index (χ4n) is 5.60. The van der Waals surface area contributed by atoms with Gasteiger partial charge in [-0.05, 0) is 62.7 Å². The van der Waals surface area contributed by atoms with E-state index in [1.165, 1.54) is 43.4 Å². The molecular weight excluding hydrogens is 234 g/mol. The first-order valence-electron chi connectivity index (χ1n) is 8.04. The van der Waals surface area contributed by atoms with E-state index >= 15 is 0 Å². The van der Waals surface area contributed by atoms with Gasteiger partial charge >= 0.3 is 0 Å². The monoisotopic (exact) mass is 259 g/mol. The number of aryl methyl sites for hydroxylation is 1. The number of nitrogens with zero attached hydrogens (tertiary/aromatic N) is 2. The number of aromatic nitrogens is 2. The molecule has 0 aliphatic heterocycles. The Labute approximate surface area is 115 Å². The zero-order valence-corrected chi connectivity index (χ0v) is 11.9. The van der Waals surface area contributed by atoms with Crippen molar-refractivity contribution in [1.29, 1.82) is 0 Å². The maximum Gasteiger partial charge on any atom is 0.0537 e. The van der Waals surface area contributed by atoms with Gasteiger partial charge in [-0.2, -0.15) is 5.10 Å². The Balaban J connectivity index is 1.74. The summed E-state index contributed by atoms with van der Waals surface area (Å²) in [5, 5.41) is 4.57. The van der Waals surface area contributed by atoms with Crippen LogP contribution in [0.25, 0.3) is 0 Å². The predicted molar refractivity (Wildman–Crippen MR) is 75.6 cm³/mol. The molecule has 19 heavy (non-hydrogen) atoms. The largest absolute Gasteiger partial charge is 0.326 e. The van der Waals surface area contributed by atoms with Crippen molar-refractivity contribution in [3.05, 3.63) is 17.5 Å². The first kappa shape index (κ1) is 12.0. The van der Waals surface area contributed by atoms with Crippen LogP contribution in [0.1, 0.15) is 56.2 Å². The quantitative estimate of drug-likeness (QED) is 0.907. The van der Waals surface area contributed by atoms with E-state index in [1.807, 2.05) is 6.20 Å². The van der Waals surface area contributed by atoms with Gasteiger partial charge in [0.25, 0.3) is 0 Å². The highest BCUT2D eigenvalue weighted by molar-refractivity contribution is 5.26. The molecule has 1 aromatic heterocycles. The molecule has 5 rings (SSSR count). The molecule has 0 radical (unpaired) electrons. The van der Waals surface area contributed by atoms with Gasteiger partial charge in [0.05, 0.1) is 6.20 Å². The van der Waals surface area contributed by atoms with E-state index in [-0.39, 0.29) is 0 Å². The predicted octanol–water partition coefficient (Wildman–Crippen LogP) is 2.90. The van der Waals surface area contributed by atoms with E-state index in [1.54, 1.807) is 0 Å². The highest BCUT2D eigenvalue weighted by Crippen LogP contribution is 2.60. The van der Waals surface area contributed by atoms with Gasteiger partial charge in [0.1, 0.15) is 0 Å². The average molecular weight is 259 g/mol. The lowest BCUT2D eigenvalue weighted by molar-refractivity contribution is -0.00586. The van der Waals surface area contributed by atoms with Gasteiger partial charge in [0.2, 0.25) is 0 Å². The summed E-state index contributed by atoms with van der Waals surface area (Å²) in [6, 6.07) is 0. The van der Waals surface area contributed by atoms with Crippen LogP contribution in [0, 0.1) is 23.7 Å². The maximum absolute atomic E-state index is 5.96. The Kier molecular flexibility index (Phi) is 2.73. The Morgan fingerprint density at radius 2 is 1.79 bits per heavy atom. The van der Waals surface area contributed by atoms with Crippen LogP contribution in [0.15, 0.2) is 6.20 Å². The topological polar surface area (TPSA) is 43.8 Å². The number of nitrogens with two attached hydrogens (primary N) is 1. The van der Waals surface area contributed by atoms with Gasteiger partial charge in [-0.1, -0.05) is 0 Å². The fourth-order valence-corrected chi connectivity index (χ4v) is 5.60. The molecule has 3 heteroatoms. The third-order valence-electron chi connectivity index (χ3n) is 6.02. The van der Waals surface area contributed by atoms with Crippen molar-refractivity contribution in [2.75, 3.05) is 0 Å². The van der Waals surface area contributed by atoms with Gasteiger partial charge in [0.15, 0.2) is 0 Å². The van der Waals surface area contributed by atoms with E-state index in [9.17, 15) is 0 Å². The van der Waals surface area contributed by atoms with Gasteiger partial charge in [-0.3, -0.25) is 4.68 Å². The van der Waals surface area contributed by atoms with Crippen LogP contribution in [0.5, 0.6) is 0 Å². The van der Waals surface area contributed by atoms with Crippen LogP contribution >= 0.6 is 0 Å². The molecule has 0 amide bonds. The molecule has 1 heterocycles. The van der Waals surface area contributed by atoms with Gasteiger partial charge in [0, 0.05) is 30.3 Å². The SMILES string of the molecule is CCn1ncc(CN)c1C1C2CC3CC(C2)CC1C3. The summed E-state index contributed by atoms with van der Waals surface area (Å²) in [7, 11) is 0. The molecule has 4 aliphatic carbocycles. The lowest BCUT2D eigenvalue weighted by Crippen LogP contribution is -2.44. The minimum absolute atomic E-state index is 0.651. The summed E-state index contributed by atoms with van der Waals surface area (Å²) in [6.45, 7) is 3.84. The third-order valence-corrected chi connectivity index (χ3v) is 6.02. The summed E-state index contributed by atoms with van der Waals surface area (Å²) in [4.78, 5) is 0. The Morgan fingerprint density at radius 1 is 1.16 bits per heavy atom. The second-order valence-corrected chi connectivity index (χ2v) is 7.03. The van der Waals surface area contributed by atoms with Gasteiger partial charge in [-0.25, -0.2) is 0 Å². The van der Waals surface area contributed by atoms with Crippen LogP contribution < -0.4 is 5.73 Å². The number of hydrogen-bond acceptors (Lipinski definition) is 2. The average Bonchev–Trinajstić information content (AvgIpc) is 2.80. The Hall–Kier alpha value is -0.830. The summed E-state index contributed by atoms with van der Waals surface area (Å²) in [6.07, 6.45) is 9.42. The summed E-state index contributed by atoms with van der Waals surface area (Å²) >= 11 is 0. The molecule has 104 valence electrons. The molecule has 4 saturated carbocycles. The smallest absolute Gasteiger partial charge is 0.0537 e. The second-order valence-electron chi connectivity index (χ2n) is 7.03. The highest BCUT2D eigenvalue weighted by atomic mass is 15.3. The normalized spacial score (nSPS) is 40.0. The van der Waals surface area contributed by atoms with Gasteiger partial charge in [-0.15, -0.1) is 0 Å². The molecule has 0 unspecified atom stereocenters. The summed E-state index contributed by atoms with van der Waals surface area (Å²) < 4.78 is 2.23. The van der Waals surface area contributed by atoms with Crippen LogP contribution in [0.4, 0.5) is 0 Å². The van der Waals surface area contributed by atoms with Crippen LogP contribution in [-0.2, 0) is 13.1 Å². The molecule has 4 bridgehead atoms. The molecule has 0 saturated heterocycles.